The van der Waals surface area contributed by atoms with Crippen LogP contribution in [0.1, 0.15) is 48.8 Å². The van der Waals surface area contributed by atoms with Crippen LogP contribution in [0.25, 0.3) is 0 Å². The Bertz CT molecular complexity index is 723. The second-order valence-corrected chi connectivity index (χ2v) is 8.10. The lowest BCUT2D eigenvalue weighted by atomic mass is 9.63. The average molecular weight is 335 g/mol. The van der Waals surface area contributed by atoms with Crippen LogP contribution in [0.2, 0.25) is 0 Å². The van der Waals surface area contributed by atoms with Gasteiger partial charge in [-0.2, -0.15) is 0 Å². The van der Waals surface area contributed by atoms with Gasteiger partial charge in [0.25, 0.3) is 0 Å². The van der Waals surface area contributed by atoms with Crippen LogP contribution in [-0.4, -0.2) is 29.1 Å². The molecule has 0 aromatic heterocycles. The molecule has 2 aliphatic rings. The number of hydrogen-bond donors (Lipinski definition) is 1. The number of aromatic hydroxyl groups is 1. The average Bonchev–Trinajstić information content (AvgIpc) is 2.63. The Morgan fingerprint density at radius 3 is 2.76 bits per heavy atom. The van der Waals surface area contributed by atoms with Crippen LogP contribution < -0.4 is 0 Å². The van der Waals surface area contributed by atoms with Crippen molar-refractivity contribution in [3.63, 3.8) is 0 Å². The molecule has 0 unspecified atom stereocenters. The summed E-state index contributed by atoms with van der Waals surface area (Å²) in [5, 5.41) is 9.91. The Balaban J connectivity index is 1.44. The van der Waals surface area contributed by atoms with Crippen molar-refractivity contribution >= 4 is 0 Å². The highest BCUT2D eigenvalue weighted by atomic mass is 16.3. The zero-order valence-electron chi connectivity index (χ0n) is 15.2. The highest BCUT2D eigenvalue weighted by Crippen LogP contribution is 2.47. The zero-order chi connectivity index (χ0) is 17.3. The second kappa shape index (κ2) is 6.84. The van der Waals surface area contributed by atoms with Crippen molar-refractivity contribution in [3.8, 4) is 5.75 Å². The summed E-state index contributed by atoms with van der Waals surface area (Å²) in [6.45, 7) is 4.51. The smallest absolute Gasteiger partial charge is 0.115 e. The van der Waals surface area contributed by atoms with E-state index in [1.807, 2.05) is 12.1 Å². The van der Waals surface area contributed by atoms with E-state index < -0.39 is 0 Å². The predicted octanol–water partition coefficient (Wildman–Crippen LogP) is 4.83. The number of benzene rings is 2. The van der Waals surface area contributed by atoms with Gasteiger partial charge in [0.15, 0.2) is 0 Å². The molecule has 0 amide bonds. The van der Waals surface area contributed by atoms with Gasteiger partial charge in [0.05, 0.1) is 0 Å². The molecule has 2 aromatic rings. The largest absolute Gasteiger partial charge is 0.508 e. The molecule has 0 spiro atoms. The molecule has 1 saturated heterocycles. The predicted molar refractivity (Wildman–Crippen MR) is 103 cm³/mol. The van der Waals surface area contributed by atoms with Crippen LogP contribution in [0, 0.1) is 6.92 Å². The van der Waals surface area contributed by atoms with Gasteiger partial charge < -0.3 is 5.11 Å². The van der Waals surface area contributed by atoms with E-state index in [9.17, 15) is 5.11 Å². The van der Waals surface area contributed by atoms with E-state index in [0.717, 1.165) is 6.42 Å². The second-order valence-electron chi connectivity index (χ2n) is 8.10. The van der Waals surface area contributed by atoms with Gasteiger partial charge in [-0.05, 0) is 74.2 Å². The Kier molecular flexibility index (Phi) is 4.56. The fourth-order valence-electron chi connectivity index (χ4n) is 4.97. The normalized spacial score (nSPS) is 26.5. The third-order valence-corrected chi connectivity index (χ3v) is 6.48. The van der Waals surface area contributed by atoms with E-state index in [2.05, 4.69) is 42.2 Å². The molecule has 2 atom stereocenters. The molecule has 2 fully saturated rings. The number of hydrogen-bond acceptors (Lipinski definition) is 2. The summed E-state index contributed by atoms with van der Waals surface area (Å²) in [6.07, 6.45) is 7.54. The van der Waals surface area contributed by atoms with E-state index in [1.54, 1.807) is 6.07 Å². The lowest BCUT2D eigenvalue weighted by molar-refractivity contribution is 0.0524. The van der Waals surface area contributed by atoms with Gasteiger partial charge >= 0.3 is 0 Å². The minimum absolute atomic E-state index is 0.294. The van der Waals surface area contributed by atoms with Crippen LogP contribution in [0.4, 0.5) is 0 Å². The van der Waals surface area contributed by atoms with Gasteiger partial charge in [-0.3, -0.25) is 4.90 Å². The number of rotatable bonds is 4. The number of aryl methyl sites for hydroxylation is 1. The molecule has 2 nitrogen and oxygen atoms in total. The summed E-state index contributed by atoms with van der Waals surface area (Å²) in [5.74, 6) is 0.413. The molecular weight excluding hydrogens is 306 g/mol. The van der Waals surface area contributed by atoms with Gasteiger partial charge in [0, 0.05) is 12.6 Å². The SMILES string of the molecule is Cc1ccc(CCN2CC[C@]3(c4cccc(O)c4)CCC[C@H]2C3)cc1. The summed E-state index contributed by atoms with van der Waals surface area (Å²) >= 11 is 0. The lowest BCUT2D eigenvalue weighted by Crippen LogP contribution is -2.52. The summed E-state index contributed by atoms with van der Waals surface area (Å²) in [4.78, 5) is 2.72. The van der Waals surface area contributed by atoms with Crippen molar-refractivity contribution in [2.75, 3.05) is 13.1 Å². The van der Waals surface area contributed by atoms with Crippen molar-refractivity contribution in [1.29, 1.82) is 0 Å². The lowest BCUT2D eigenvalue weighted by Gasteiger charge is -2.51. The Labute approximate surface area is 151 Å². The van der Waals surface area contributed by atoms with Gasteiger partial charge in [-0.15, -0.1) is 0 Å². The standard InChI is InChI=1S/C23H29NO/c1-18-7-9-19(10-8-18)11-14-24-15-13-23(12-3-5-21(24)17-23)20-4-2-6-22(25)16-20/h2,4,6-10,16,21,25H,3,5,11-15,17H2,1H3/t21-,23+/m0/s1. The third kappa shape index (κ3) is 3.46. The number of nitrogens with zero attached hydrogens (tertiary/aromatic N) is 1. The quantitative estimate of drug-likeness (QED) is 0.865. The van der Waals surface area contributed by atoms with Gasteiger partial charge in [-0.25, -0.2) is 0 Å². The van der Waals surface area contributed by atoms with Crippen molar-refractivity contribution in [2.24, 2.45) is 0 Å². The van der Waals surface area contributed by atoms with E-state index >= 15 is 0 Å². The molecule has 1 aliphatic heterocycles. The number of phenols is 1. The molecule has 25 heavy (non-hydrogen) atoms. The summed E-state index contributed by atoms with van der Waals surface area (Å²) in [5.41, 5.74) is 4.44. The first kappa shape index (κ1) is 16.7. The number of piperidine rings is 1. The van der Waals surface area contributed by atoms with Crippen molar-refractivity contribution in [3.05, 3.63) is 65.2 Å². The highest BCUT2D eigenvalue weighted by molar-refractivity contribution is 5.34. The molecule has 1 aliphatic carbocycles. The molecular formula is C23H29NO. The fourth-order valence-corrected chi connectivity index (χ4v) is 4.97. The molecule has 4 rings (SSSR count). The molecule has 1 saturated carbocycles. The summed E-state index contributed by atoms with van der Waals surface area (Å²) in [7, 11) is 0. The maximum atomic E-state index is 9.91. The van der Waals surface area contributed by atoms with Crippen molar-refractivity contribution in [2.45, 2.75) is 56.9 Å². The molecule has 1 heterocycles. The van der Waals surface area contributed by atoms with E-state index in [4.69, 9.17) is 0 Å². The first-order chi connectivity index (χ1) is 12.1. The van der Waals surface area contributed by atoms with E-state index in [1.165, 1.54) is 61.9 Å². The van der Waals surface area contributed by atoms with E-state index in [-0.39, 0.29) is 0 Å². The van der Waals surface area contributed by atoms with E-state index in [0.29, 0.717) is 17.2 Å². The molecule has 132 valence electrons. The monoisotopic (exact) mass is 335 g/mol. The first-order valence-corrected chi connectivity index (χ1v) is 9.74. The van der Waals surface area contributed by atoms with Crippen molar-refractivity contribution in [1.82, 2.24) is 4.90 Å². The van der Waals surface area contributed by atoms with Crippen LogP contribution >= 0.6 is 0 Å². The third-order valence-electron chi connectivity index (χ3n) is 6.48. The van der Waals surface area contributed by atoms with Crippen LogP contribution in [0.5, 0.6) is 5.75 Å². The zero-order valence-corrected chi connectivity index (χ0v) is 15.2. The topological polar surface area (TPSA) is 23.5 Å². The fraction of sp³-hybridized carbons (Fsp3) is 0.478. The summed E-state index contributed by atoms with van der Waals surface area (Å²) in [6, 6.07) is 17.7. The Morgan fingerprint density at radius 1 is 1.12 bits per heavy atom. The van der Waals surface area contributed by atoms with Gasteiger partial charge in [0.2, 0.25) is 0 Å². The van der Waals surface area contributed by atoms with Gasteiger partial charge in [-0.1, -0.05) is 48.4 Å². The van der Waals surface area contributed by atoms with Crippen LogP contribution in [0.3, 0.4) is 0 Å². The first-order valence-electron chi connectivity index (χ1n) is 9.74. The minimum Gasteiger partial charge on any atom is -0.508 e. The van der Waals surface area contributed by atoms with Crippen LogP contribution in [0.15, 0.2) is 48.5 Å². The maximum absolute atomic E-state index is 9.91. The van der Waals surface area contributed by atoms with Crippen molar-refractivity contribution < 1.29 is 5.11 Å². The summed E-state index contributed by atoms with van der Waals surface area (Å²) < 4.78 is 0. The number of phenolic OH excluding ortho intramolecular Hbond substituents is 1. The van der Waals surface area contributed by atoms with Gasteiger partial charge in [0.1, 0.15) is 5.75 Å². The van der Waals surface area contributed by atoms with Crippen LogP contribution in [-0.2, 0) is 11.8 Å². The molecule has 2 bridgehead atoms. The molecule has 2 heteroatoms. The number of likely N-dealkylation sites (tertiary alicyclic amines) is 1. The minimum atomic E-state index is 0.294. The highest BCUT2D eigenvalue weighted by Gasteiger charge is 2.43. The Hall–Kier alpha value is -1.80. The number of fused-ring (bicyclic) bond motifs is 2. The molecule has 2 aromatic carbocycles. The molecule has 1 N–H and O–H groups in total. The maximum Gasteiger partial charge on any atom is 0.115 e. The molecule has 0 radical (unpaired) electrons. The Morgan fingerprint density at radius 2 is 1.96 bits per heavy atom.